The predicted molar refractivity (Wildman–Crippen MR) is 61.4 cm³/mol. The zero-order chi connectivity index (χ0) is 12.0. The van der Waals surface area contributed by atoms with Crippen molar-refractivity contribution in [2.24, 2.45) is 0 Å². The highest BCUT2D eigenvalue weighted by Gasteiger charge is 2.16. The lowest BCUT2D eigenvalue weighted by Crippen LogP contribution is -2.33. The number of nitrogens with zero attached hydrogens (tertiary/aromatic N) is 2. The fraction of sp³-hybridized carbons (Fsp3) is 0.727. The van der Waals surface area contributed by atoms with E-state index in [1.54, 1.807) is 0 Å². The molecule has 0 bridgehead atoms. The van der Waals surface area contributed by atoms with Gasteiger partial charge in [-0.1, -0.05) is 6.58 Å². The van der Waals surface area contributed by atoms with Crippen molar-refractivity contribution < 1.29 is 15.0 Å². The van der Waals surface area contributed by atoms with Gasteiger partial charge < -0.3 is 10.2 Å². The van der Waals surface area contributed by atoms with E-state index in [2.05, 4.69) is 16.4 Å². The van der Waals surface area contributed by atoms with Gasteiger partial charge in [-0.2, -0.15) is 0 Å². The Balaban J connectivity index is 2.35. The van der Waals surface area contributed by atoms with Crippen LogP contribution in [0.3, 0.4) is 0 Å². The van der Waals surface area contributed by atoms with Crippen LogP contribution < -0.4 is 0 Å². The van der Waals surface area contributed by atoms with Crippen molar-refractivity contribution in [1.82, 2.24) is 9.80 Å². The molecule has 1 fully saturated rings. The average Bonchev–Trinajstić information content (AvgIpc) is 2.44. The van der Waals surface area contributed by atoms with Crippen LogP contribution in [0, 0.1) is 0 Å². The van der Waals surface area contributed by atoms with Gasteiger partial charge in [0, 0.05) is 31.8 Å². The molecule has 1 aliphatic rings. The number of carboxylic acids is 1. The molecule has 1 saturated heterocycles. The van der Waals surface area contributed by atoms with Crippen LogP contribution in [0.1, 0.15) is 6.42 Å². The second kappa shape index (κ2) is 6.62. The number of rotatable bonds is 5. The van der Waals surface area contributed by atoms with Crippen molar-refractivity contribution in [3.63, 3.8) is 0 Å². The summed E-state index contributed by atoms with van der Waals surface area (Å²) in [6.07, 6.45) is 1.01. The summed E-state index contributed by atoms with van der Waals surface area (Å²) in [4.78, 5) is 15.0. The molecule has 5 nitrogen and oxygen atoms in total. The first kappa shape index (κ1) is 13.2. The van der Waals surface area contributed by atoms with E-state index in [-0.39, 0.29) is 12.2 Å². The maximum Gasteiger partial charge on any atom is 0.332 e. The Kier molecular flexibility index (Phi) is 5.45. The van der Waals surface area contributed by atoms with Crippen molar-refractivity contribution in [1.29, 1.82) is 0 Å². The van der Waals surface area contributed by atoms with Gasteiger partial charge in [0.05, 0.1) is 6.61 Å². The molecule has 0 atom stereocenters. The lowest BCUT2D eigenvalue weighted by Gasteiger charge is -2.20. The van der Waals surface area contributed by atoms with Crippen molar-refractivity contribution in [2.45, 2.75) is 6.42 Å². The Labute approximate surface area is 96.0 Å². The monoisotopic (exact) mass is 228 g/mol. The summed E-state index contributed by atoms with van der Waals surface area (Å²) in [6.45, 7) is 8.44. The largest absolute Gasteiger partial charge is 0.478 e. The summed E-state index contributed by atoms with van der Waals surface area (Å²) >= 11 is 0. The lowest BCUT2D eigenvalue weighted by molar-refractivity contribution is -0.132. The van der Waals surface area contributed by atoms with Crippen LogP contribution in [0.15, 0.2) is 12.2 Å². The molecular formula is C11H20N2O3. The molecule has 92 valence electrons. The molecule has 0 amide bonds. The van der Waals surface area contributed by atoms with E-state index in [1.165, 1.54) is 0 Å². The number of hydrogen-bond donors (Lipinski definition) is 2. The summed E-state index contributed by atoms with van der Waals surface area (Å²) in [7, 11) is 0. The Morgan fingerprint density at radius 1 is 1.19 bits per heavy atom. The highest BCUT2D eigenvalue weighted by molar-refractivity contribution is 5.86. The Hall–Kier alpha value is -0.910. The zero-order valence-corrected chi connectivity index (χ0v) is 9.56. The second-order valence-corrected chi connectivity index (χ2v) is 4.10. The molecular weight excluding hydrogens is 208 g/mol. The van der Waals surface area contributed by atoms with Gasteiger partial charge >= 0.3 is 5.97 Å². The fourth-order valence-corrected chi connectivity index (χ4v) is 1.89. The highest BCUT2D eigenvalue weighted by atomic mass is 16.4. The third-order valence-corrected chi connectivity index (χ3v) is 2.81. The Morgan fingerprint density at radius 2 is 1.81 bits per heavy atom. The van der Waals surface area contributed by atoms with Crippen LogP contribution in [0.5, 0.6) is 0 Å². The van der Waals surface area contributed by atoms with E-state index in [0.717, 1.165) is 32.6 Å². The third-order valence-electron chi connectivity index (χ3n) is 2.81. The molecule has 0 aromatic rings. The third kappa shape index (κ3) is 4.30. The average molecular weight is 228 g/mol. The number of aliphatic carboxylic acids is 1. The van der Waals surface area contributed by atoms with E-state index >= 15 is 0 Å². The smallest absolute Gasteiger partial charge is 0.332 e. The predicted octanol–water partition coefficient (Wildman–Crippen LogP) is -0.373. The fourth-order valence-electron chi connectivity index (χ4n) is 1.89. The molecule has 0 aliphatic carbocycles. The van der Waals surface area contributed by atoms with E-state index in [4.69, 9.17) is 10.2 Å². The van der Waals surface area contributed by atoms with Crippen LogP contribution in [0.2, 0.25) is 0 Å². The number of carboxylic acid groups (broad SMARTS) is 1. The van der Waals surface area contributed by atoms with Crippen LogP contribution in [-0.2, 0) is 4.79 Å². The molecule has 1 aliphatic heterocycles. The van der Waals surface area contributed by atoms with Gasteiger partial charge in [-0.25, -0.2) is 4.79 Å². The normalized spacial score (nSPS) is 19.3. The molecule has 1 rings (SSSR count). The first-order valence-corrected chi connectivity index (χ1v) is 5.60. The Morgan fingerprint density at radius 3 is 2.44 bits per heavy atom. The van der Waals surface area contributed by atoms with Crippen LogP contribution in [0.25, 0.3) is 0 Å². The first-order valence-electron chi connectivity index (χ1n) is 5.60. The maximum absolute atomic E-state index is 10.7. The lowest BCUT2D eigenvalue weighted by atomic mass is 10.2. The van der Waals surface area contributed by atoms with Gasteiger partial charge in [-0.05, 0) is 19.5 Å². The number of aliphatic hydroxyl groups is 1. The Bertz CT molecular complexity index is 256. The molecule has 16 heavy (non-hydrogen) atoms. The quantitative estimate of drug-likeness (QED) is 0.628. The highest BCUT2D eigenvalue weighted by Crippen LogP contribution is 2.05. The van der Waals surface area contributed by atoms with Crippen molar-refractivity contribution in [3.8, 4) is 0 Å². The van der Waals surface area contributed by atoms with Gasteiger partial charge in [-0.3, -0.25) is 9.80 Å². The summed E-state index contributed by atoms with van der Waals surface area (Å²) in [5, 5.41) is 17.6. The van der Waals surface area contributed by atoms with E-state index in [0.29, 0.717) is 13.1 Å². The van der Waals surface area contributed by atoms with E-state index in [9.17, 15) is 4.79 Å². The number of aliphatic hydroxyl groups excluding tert-OH is 1. The number of carbonyl (C=O) groups is 1. The minimum absolute atomic E-state index is 0.182. The summed E-state index contributed by atoms with van der Waals surface area (Å²) in [5.74, 6) is -0.920. The molecule has 0 saturated carbocycles. The molecule has 1 heterocycles. The van der Waals surface area contributed by atoms with Gasteiger partial charge in [0.1, 0.15) is 0 Å². The standard InChI is InChI=1S/C11H20N2O3/c1-10(11(15)16)9-13-4-2-3-12(5-6-13)7-8-14/h14H,1-9H2,(H,15,16). The van der Waals surface area contributed by atoms with Gasteiger partial charge in [0.25, 0.3) is 0 Å². The molecule has 0 unspecified atom stereocenters. The summed E-state index contributed by atoms with van der Waals surface area (Å²) in [5.41, 5.74) is 0.246. The zero-order valence-electron chi connectivity index (χ0n) is 9.56. The molecule has 0 radical (unpaired) electrons. The van der Waals surface area contributed by atoms with E-state index in [1.807, 2.05) is 0 Å². The maximum atomic E-state index is 10.7. The minimum atomic E-state index is -0.920. The molecule has 2 N–H and O–H groups in total. The number of hydrogen-bond acceptors (Lipinski definition) is 4. The summed E-state index contributed by atoms with van der Waals surface area (Å²) < 4.78 is 0. The van der Waals surface area contributed by atoms with E-state index < -0.39 is 5.97 Å². The molecule has 5 heteroatoms. The minimum Gasteiger partial charge on any atom is -0.478 e. The van der Waals surface area contributed by atoms with Gasteiger partial charge in [0.2, 0.25) is 0 Å². The molecule has 0 aromatic carbocycles. The van der Waals surface area contributed by atoms with Gasteiger partial charge in [0.15, 0.2) is 0 Å². The van der Waals surface area contributed by atoms with Crippen molar-refractivity contribution >= 4 is 5.97 Å². The number of β-amino-alcohol motifs (C(OH)–C–C–N with tert-alkyl or cyclic N) is 1. The van der Waals surface area contributed by atoms with Crippen LogP contribution in [0.4, 0.5) is 0 Å². The van der Waals surface area contributed by atoms with Gasteiger partial charge in [-0.15, -0.1) is 0 Å². The summed E-state index contributed by atoms with van der Waals surface area (Å²) in [6, 6.07) is 0. The molecule has 0 spiro atoms. The molecule has 0 aromatic heterocycles. The first-order chi connectivity index (χ1) is 7.63. The topological polar surface area (TPSA) is 64.0 Å². The van der Waals surface area contributed by atoms with Crippen molar-refractivity contribution in [3.05, 3.63) is 12.2 Å². The second-order valence-electron chi connectivity index (χ2n) is 4.10. The van der Waals surface area contributed by atoms with Crippen LogP contribution >= 0.6 is 0 Å². The SMILES string of the molecule is C=C(CN1CCCN(CCO)CC1)C(=O)O. The van der Waals surface area contributed by atoms with Crippen molar-refractivity contribution in [2.75, 3.05) is 45.9 Å². The van der Waals surface area contributed by atoms with Crippen LogP contribution in [-0.4, -0.2) is 71.9 Å².